The summed E-state index contributed by atoms with van der Waals surface area (Å²) in [7, 11) is 0. The Hall–Kier alpha value is -2.37. The molecule has 22 heavy (non-hydrogen) atoms. The third-order valence-corrected chi connectivity index (χ3v) is 3.90. The molecular formula is C16H20N4O2. The van der Waals surface area contributed by atoms with E-state index in [9.17, 15) is 4.79 Å². The monoisotopic (exact) mass is 300 g/mol. The van der Waals surface area contributed by atoms with Gasteiger partial charge >= 0.3 is 0 Å². The lowest BCUT2D eigenvalue weighted by Crippen LogP contribution is -2.41. The zero-order valence-corrected chi connectivity index (χ0v) is 12.7. The molecule has 2 aromatic rings. The lowest BCUT2D eigenvalue weighted by atomic mass is 9.98. The molecule has 6 heteroatoms. The van der Waals surface area contributed by atoms with E-state index in [1.807, 2.05) is 13.0 Å². The van der Waals surface area contributed by atoms with Gasteiger partial charge in [-0.05, 0) is 43.9 Å². The maximum absolute atomic E-state index is 11.9. The number of aromatic nitrogens is 2. The summed E-state index contributed by atoms with van der Waals surface area (Å²) < 4.78 is 5.10. The molecule has 0 saturated carbocycles. The number of piperidine rings is 1. The standard InChI is InChI=1S/C16H20N4O2/c1-12-17-7-6-15(19-12)20-8-2-4-13(11-20)10-18-16(21)14-5-3-9-22-14/h3,5-7,9,13H,2,4,8,10-11H2,1H3,(H,18,21). The van der Waals surface area contributed by atoms with Crippen molar-refractivity contribution in [2.75, 3.05) is 24.5 Å². The molecule has 0 aliphatic carbocycles. The Morgan fingerprint density at radius 1 is 1.50 bits per heavy atom. The molecule has 3 rings (SSSR count). The molecule has 1 N–H and O–H groups in total. The van der Waals surface area contributed by atoms with E-state index < -0.39 is 0 Å². The number of hydrogen-bond acceptors (Lipinski definition) is 5. The third-order valence-electron chi connectivity index (χ3n) is 3.90. The highest BCUT2D eigenvalue weighted by atomic mass is 16.3. The van der Waals surface area contributed by atoms with Crippen LogP contribution in [0.3, 0.4) is 0 Å². The van der Waals surface area contributed by atoms with E-state index in [0.717, 1.165) is 37.6 Å². The molecular weight excluding hydrogens is 280 g/mol. The van der Waals surface area contributed by atoms with Gasteiger partial charge in [-0.3, -0.25) is 4.79 Å². The van der Waals surface area contributed by atoms with Crippen LogP contribution in [0.15, 0.2) is 35.1 Å². The van der Waals surface area contributed by atoms with Crippen molar-refractivity contribution < 1.29 is 9.21 Å². The topological polar surface area (TPSA) is 71.3 Å². The molecule has 0 spiro atoms. The number of nitrogens with one attached hydrogen (secondary N) is 1. The fourth-order valence-corrected chi connectivity index (χ4v) is 2.79. The molecule has 116 valence electrons. The van der Waals surface area contributed by atoms with E-state index in [1.165, 1.54) is 6.26 Å². The van der Waals surface area contributed by atoms with Gasteiger partial charge in [-0.25, -0.2) is 9.97 Å². The number of anilines is 1. The summed E-state index contributed by atoms with van der Waals surface area (Å²) in [4.78, 5) is 22.8. The van der Waals surface area contributed by atoms with Crippen molar-refractivity contribution in [2.24, 2.45) is 5.92 Å². The summed E-state index contributed by atoms with van der Waals surface area (Å²) in [5.41, 5.74) is 0. The van der Waals surface area contributed by atoms with E-state index in [4.69, 9.17) is 4.42 Å². The maximum atomic E-state index is 11.9. The van der Waals surface area contributed by atoms with Crippen LogP contribution >= 0.6 is 0 Å². The average Bonchev–Trinajstić information content (AvgIpc) is 3.07. The van der Waals surface area contributed by atoms with Crippen LogP contribution in [0, 0.1) is 12.8 Å². The van der Waals surface area contributed by atoms with Gasteiger partial charge in [0.15, 0.2) is 5.76 Å². The number of carbonyl (C=O) groups excluding carboxylic acids is 1. The predicted molar refractivity (Wildman–Crippen MR) is 82.7 cm³/mol. The van der Waals surface area contributed by atoms with E-state index >= 15 is 0 Å². The van der Waals surface area contributed by atoms with Crippen LogP contribution in [-0.2, 0) is 0 Å². The number of hydrogen-bond donors (Lipinski definition) is 1. The summed E-state index contributed by atoms with van der Waals surface area (Å²) in [6.07, 6.45) is 5.51. The largest absolute Gasteiger partial charge is 0.459 e. The Morgan fingerprint density at radius 2 is 2.41 bits per heavy atom. The molecule has 1 unspecified atom stereocenters. The number of carbonyl (C=O) groups is 1. The highest BCUT2D eigenvalue weighted by molar-refractivity contribution is 5.91. The first-order valence-corrected chi connectivity index (χ1v) is 7.58. The highest BCUT2D eigenvalue weighted by Crippen LogP contribution is 2.21. The number of aryl methyl sites for hydroxylation is 1. The van der Waals surface area contributed by atoms with Gasteiger partial charge in [0.2, 0.25) is 0 Å². The minimum Gasteiger partial charge on any atom is -0.459 e. The van der Waals surface area contributed by atoms with Crippen LogP contribution in [0.4, 0.5) is 5.82 Å². The van der Waals surface area contributed by atoms with E-state index in [-0.39, 0.29) is 5.91 Å². The normalized spacial score (nSPS) is 18.2. The minimum atomic E-state index is -0.153. The predicted octanol–water partition coefficient (Wildman–Crippen LogP) is 2.02. The Bertz CT molecular complexity index is 627. The highest BCUT2D eigenvalue weighted by Gasteiger charge is 2.22. The maximum Gasteiger partial charge on any atom is 0.286 e. The third kappa shape index (κ3) is 3.44. The molecule has 2 aromatic heterocycles. The molecule has 1 atom stereocenters. The lowest BCUT2D eigenvalue weighted by Gasteiger charge is -2.33. The second kappa shape index (κ2) is 6.60. The van der Waals surface area contributed by atoms with Crippen LogP contribution in [0.1, 0.15) is 29.2 Å². The Balaban J connectivity index is 1.56. The molecule has 0 aromatic carbocycles. The molecule has 1 aliphatic heterocycles. The van der Waals surface area contributed by atoms with Crippen LogP contribution in [0.5, 0.6) is 0 Å². The van der Waals surface area contributed by atoms with Crippen LogP contribution in [-0.4, -0.2) is 35.5 Å². The molecule has 0 radical (unpaired) electrons. The quantitative estimate of drug-likeness (QED) is 0.935. The van der Waals surface area contributed by atoms with Gasteiger partial charge < -0.3 is 14.6 Å². The number of furan rings is 1. The van der Waals surface area contributed by atoms with Gasteiger partial charge in [-0.15, -0.1) is 0 Å². The van der Waals surface area contributed by atoms with Crippen LogP contribution < -0.4 is 10.2 Å². The molecule has 1 aliphatic rings. The molecule has 1 amide bonds. The molecule has 1 fully saturated rings. The number of rotatable bonds is 4. The smallest absolute Gasteiger partial charge is 0.286 e. The minimum absolute atomic E-state index is 0.153. The second-order valence-electron chi connectivity index (χ2n) is 5.60. The van der Waals surface area contributed by atoms with Crippen molar-refractivity contribution in [1.82, 2.24) is 15.3 Å². The lowest BCUT2D eigenvalue weighted by molar-refractivity contribution is 0.0918. The molecule has 6 nitrogen and oxygen atoms in total. The van der Waals surface area contributed by atoms with Crippen molar-refractivity contribution in [3.8, 4) is 0 Å². The molecule has 1 saturated heterocycles. The zero-order chi connectivity index (χ0) is 15.4. The molecule has 3 heterocycles. The summed E-state index contributed by atoms with van der Waals surface area (Å²) in [5, 5.41) is 2.95. The number of nitrogens with zero attached hydrogens (tertiary/aromatic N) is 3. The van der Waals surface area contributed by atoms with Gasteiger partial charge in [-0.2, -0.15) is 0 Å². The van der Waals surface area contributed by atoms with Gasteiger partial charge in [0, 0.05) is 25.8 Å². The van der Waals surface area contributed by atoms with Crippen molar-refractivity contribution >= 4 is 11.7 Å². The first kappa shape index (κ1) is 14.6. The van der Waals surface area contributed by atoms with E-state index in [1.54, 1.807) is 18.3 Å². The molecule has 0 bridgehead atoms. The Morgan fingerprint density at radius 3 is 3.18 bits per heavy atom. The fraction of sp³-hybridized carbons (Fsp3) is 0.438. The Kier molecular flexibility index (Phi) is 4.37. The number of amides is 1. The van der Waals surface area contributed by atoms with Gasteiger partial charge in [0.25, 0.3) is 5.91 Å². The van der Waals surface area contributed by atoms with E-state index in [0.29, 0.717) is 18.2 Å². The van der Waals surface area contributed by atoms with Crippen molar-refractivity contribution in [3.05, 3.63) is 42.2 Å². The fourth-order valence-electron chi connectivity index (χ4n) is 2.79. The first-order chi connectivity index (χ1) is 10.7. The van der Waals surface area contributed by atoms with Gasteiger partial charge in [0.1, 0.15) is 11.6 Å². The Labute approximate surface area is 129 Å². The first-order valence-electron chi connectivity index (χ1n) is 7.58. The van der Waals surface area contributed by atoms with Crippen LogP contribution in [0.25, 0.3) is 0 Å². The van der Waals surface area contributed by atoms with Crippen molar-refractivity contribution in [2.45, 2.75) is 19.8 Å². The average molecular weight is 300 g/mol. The van der Waals surface area contributed by atoms with Gasteiger partial charge in [-0.1, -0.05) is 0 Å². The summed E-state index contributed by atoms with van der Waals surface area (Å²) in [6, 6.07) is 5.33. The zero-order valence-electron chi connectivity index (χ0n) is 12.7. The summed E-state index contributed by atoms with van der Waals surface area (Å²) in [5.74, 6) is 2.38. The van der Waals surface area contributed by atoms with Gasteiger partial charge in [0.05, 0.1) is 6.26 Å². The van der Waals surface area contributed by atoms with Crippen LogP contribution in [0.2, 0.25) is 0 Å². The van der Waals surface area contributed by atoms with E-state index in [2.05, 4.69) is 20.2 Å². The summed E-state index contributed by atoms with van der Waals surface area (Å²) >= 11 is 0. The van der Waals surface area contributed by atoms with Crippen molar-refractivity contribution in [3.63, 3.8) is 0 Å². The SMILES string of the molecule is Cc1nccc(N2CCCC(CNC(=O)c3ccco3)C2)n1. The second-order valence-corrected chi connectivity index (χ2v) is 5.60. The van der Waals surface area contributed by atoms with Crippen molar-refractivity contribution in [1.29, 1.82) is 0 Å². The summed E-state index contributed by atoms with van der Waals surface area (Å²) in [6.45, 7) is 4.45.